The number of rotatable bonds is 90. The number of carbonyl (C=O) groups is 4. The Morgan fingerprint density at radius 1 is 0.248 bits per heavy atom. The van der Waals surface area contributed by atoms with Crippen LogP contribution in [0.4, 0.5) is 0 Å². The third kappa shape index (κ3) is 83.8. The molecule has 0 fully saturated rings. The lowest BCUT2D eigenvalue weighted by Gasteiger charge is -2.21. The van der Waals surface area contributed by atoms with Crippen LogP contribution in [0, 0.1) is 5.92 Å². The Morgan fingerprint density at radius 3 is 0.624 bits per heavy atom. The molecule has 0 bridgehead atoms. The SMILES string of the molecule is CCCCCCCCCCCCCCCCCCCCCCCCC(=O)O[C@H](COC(=O)CCCCCCCCCCCCCCCCCCCCCC)COP(=O)(O)OC[C@@H](O)COP(=O)(O)OC[C@@H](COC(=O)CCCCCCCCCCCC(C)C)OC(=O)CCCCCCCCCCCCCCCCC. The molecule has 19 heteroatoms. The molecule has 3 N–H and O–H groups in total. The van der Waals surface area contributed by atoms with Crippen molar-refractivity contribution in [3.8, 4) is 0 Å². The molecular weight excluding hydrogens is 1410 g/mol. The predicted molar refractivity (Wildman–Crippen MR) is 451 cm³/mol. The van der Waals surface area contributed by atoms with Crippen LogP contribution in [0.5, 0.6) is 0 Å². The van der Waals surface area contributed by atoms with Crippen molar-refractivity contribution in [1.82, 2.24) is 0 Å². The van der Waals surface area contributed by atoms with Crippen molar-refractivity contribution in [3.05, 3.63) is 0 Å². The number of phosphoric acid groups is 2. The standard InChI is InChI=1S/C90H176O17P2/c1-6-9-12-15-18-21-24-27-30-32-34-36-37-39-41-44-47-50-55-61-66-71-76-90(95)106-85(79-100-87(92)73-68-63-58-53-48-45-43-40-38-35-33-31-28-25-22-19-16-13-10-7-2)81-104-108(96,97)102-77-84(91)78-103-109(98,99)105-82-86(80-101-88(93)74-69-64-59-56-51-52-57-62-67-72-83(4)5)107-89(94)75-70-65-60-54-49-46-42-29-26-23-20-17-14-11-8-3/h83-86,91H,6-82H2,1-5H3,(H,96,97)(H,98,99)/t84-,85-,86-/m1/s1. The van der Waals surface area contributed by atoms with Crippen molar-refractivity contribution < 1.29 is 80.2 Å². The van der Waals surface area contributed by atoms with Crippen molar-refractivity contribution in [2.24, 2.45) is 5.92 Å². The van der Waals surface area contributed by atoms with Gasteiger partial charge in [-0.1, -0.05) is 439 Å². The van der Waals surface area contributed by atoms with E-state index in [1.807, 2.05) is 0 Å². The Kier molecular flexibility index (Phi) is 81.1. The van der Waals surface area contributed by atoms with Gasteiger partial charge in [-0.05, 0) is 31.6 Å². The summed E-state index contributed by atoms with van der Waals surface area (Å²) in [6, 6.07) is 0. The van der Waals surface area contributed by atoms with Gasteiger partial charge in [0.15, 0.2) is 12.2 Å². The number of esters is 4. The van der Waals surface area contributed by atoms with Crippen LogP contribution in [0.1, 0.15) is 490 Å². The van der Waals surface area contributed by atoms with E-state index in [-0.39, 0.29) is 25.7 Å². The summed E-state index contributed by atoms with van der Waals surface area (Å²) in [5.74, 6) is -1.35. The lowest BCUT2D eigenvalue weighted by atomic mass is 10.0. The van der Waals surface area contributed by atoms with Gasteiger partial charge in [0.1, 0.15) is 19.3 Å². The molecular formula is C90H176O17P2. The van der Waals surface area contributed by atoms with Crippen LogP contribution in [0.3, 0.4) is 0 Å². The first-order valence-corrected chi connectivity index (χ1v) is 49.6. The topological polar surface area (TPSA) is 237 Å². The molecule has 0 heterocycles. The summed E-state index contributed by atoms with van der Waals surface area (Å²) in [6.45, 7) is 7.37. The van der Waals surface area contributed by atoms with E-state index in [9.17, 15) is 43.2 Å². The molecule has 5 atom stereocenters. The summed E-state index contributed by atoms with van der Waals surface area (Å²) >= 11 is 0. The van der Waals surface area contributed by atoms with Gasteiger partial charge in [-0.15, -0.1) is 0 Å². The van der Waals surface area contributed by atoms with Crippen LogP contribution in [-0.4, -0.2) is 96.7 Å². The van der Waals surface area contributed by atoms with Gasteiger partial charge in [-0.3, -0.25) is 37.3 Å². The summed E-state index contributed by atoms with van der Waals surface area (Å²) < 4.78 is 69.0. The number of hydrogen-bond donors (Lipinski definition) is 3. The summed E-state index contributed by atoms with van der Waals surface area (Å²) in [4.78, 5) is 73.4. The Balaban J connectivity index is 5.23. The average Bonchev–Trinajstić information content (AvgIpc) is 0.900. The van der Waals surface area contributed by atoms with Crippen molar-refractivity contribution in [3.63, 3.8) is 0 Å². The number of ether oxygens (including phenoxy) is 4. The largest absolute Gasteiger partial charge is 0.472 e. The molecule has 109 heavy (non-hydrogen) atoms. The molecule has 0 aliphatic carbocycles. The Morgan fingerprint density at radius 2 is 0.422 bits per heavy atom. The fraction of sp³-hybridized carbons (Fsp3) is 0.956. The number of phosphoric ester groups is 2. The van der Waals surface area contributed by atoms with E-state index in [0.717, 1.165) is 95.8 Å². The molecule has 0 aliphatic heterocycles. The summed E-state index contributed by atoms with van der Waals surface area (Å²) in [6.07, 6.45) is 77.9. The zero-order chi connectivity index (χ0) is 79.7. The Bertz CT molecular complexity index is 2070. The van der Waals surface area contributed by atoms with E-state index >= 15 is 0 Å². The highest BCUT2D eigenvalue weighted by molar-refractivity contribution is 7.47. The van der Waals surface area contributed by atoms with Gasteiger partial charge < -0.3 is 33.8 Å². The lowest BCUT2D eigenvalue weighted by Crippen LogP contribution is -2.30. The molecule has 2 unspecified atom stereocenters. The normalized spacial score (nSPS) is 13.7. The first-order valence-electron chi connectivity index (χ1n) is 46.6. The molecule has 0 amide bonds. The average molecular weight is 1590 g/mol. The number of aliphatic hydroxyl groups is 1. The fourth-order valence-electron chi connectivity index (χ4n) is 14.2. The van der Waals surface area contributed by atoms with E-state index in [4.69, 9.17) is 37.0 Å². The smallest absolute Gasteiger partial charge is 0.462 e. The van der Waals surface area contributed by atoms with Crippen LogP contribution in [0.2, 0.25) is 0 Å². The maximum atomic E-state index is 13.2. The second-order valence-electron chi connectivity index (χ2n) is 32.8. The van der Waals surface area contributed by atoms with Crippen molar-refractivity contribution in [2.45, 2.75) is 509 Å². The second-order valence-corrected chi connectivity index (χ2v) is 35.7. The van der Waals surface area contributed by atoms with Gasteiger partial charge in [0.25, 0.3) is 0 Å². The number of aliphatic hydroxyl groups excluding tert-OH is 1. The van der Waals surface area contributed by atoms with Crippen LogP contribution in [0.15, 0.2) is 0 Å². The molecule has 0 aromatic heterocycles. The first-order chi connectivity index (χ1) is 53.0. The molecule has 0 spiro atoms. The van der Waals surface area contributed by atoms with Crippen molar-refractivity contribution >= 4 is 39.5 Å². The van der Waals surface area contributed by atoms with Gasteiger partial charge in [-0.2, -0.15) is 0 Å². The van der Waals surface area contributed by atoms with Gasteiger partial charge in [0.2, 0.25) is 0 Å². The fourth-order valence-corrected chi connectivity index (χ4v) is 15.8. The highest BCUT2D eigenvalue weighted by Gasteiger charge is 2.31. The molecule has 0 rings (SSSR count). The molecule has 0 aromatic rings. The second kappa shape index (κ2) is 82.6. The van der Waals surface area contributed by atoms with Gasteiger partial charge in [-0.25, -0.2) is 9.13 Å². The van der Waals surface area contributed by atoms with E-state index < -0.39 is 97.5 Å². The van der Waals surface area contributed by atoms with Crippen molar-refractivity contribution in [1.29, 1.82) is 0 Å². The lowest BCUT2D eigenvalue weighted by molar-refractivity contribution is -0.161. The van der Waals surface area contributed by atoms with Crippen LogP contribution in [-0.2, 0) is 65.4 Å². The van der Waals surface area contributed by atoms with Crippen molar-refractivity contribution in [2.75, 3.05) is 39.6 Å². The minimum Gasteiger partial charge on any atom is -0.462 e. The van der Waals surface area contributed by atoms with Crippen LogP contribution < -0.4 is 0 Å². The number of hydrogen-bond acceptors (Lipinski definition) is 15. The molecule has 0 saturated carbocycles. The monoisotopic (exact) mass is 1590 g/mol. The zero-order valence-electron chi connectivity index (χ0n) is 71.7. The molecule has 0 aliphatic rings. The van der Waals surface area contributed by atoms with Gasteiger partial charge >= 0.3 is 39.5 Å². The third-order valence-corrected chi connectivity index (χ3v) is 23.2. The molecule has 0 aromatic carbocycles. The zero-order valence-corrected chi connectivity index (χ0v) is 73.5. The quantitative estimate of drug-likeness (QED) is 0.0222. The molecule has 0 saturated heterocycles. The molecule has 0 radical (unpaired) electrons. The summed E-state index contributed by atoms with van der Waals surface area (Å²) in [5.41, 5.74) is 0. The minimum absolute atomic E-state index is 0.108. The molecule has 17 nitrogen and oxygen atoms in total. The maximum absolute atomic E-state index is 13.2. The maximum Gasteiger partial charge on any atom is 0.472 e. The van der Waals surface area contributed by atoms with Crippen LogP contribution in [0.25, 0.3) is 0 Å². The summed E-state index contributed by atoms with van der Waals surface area (Å²) in [5, 5.41) is 10.7. The summed E-state index contributed by atoms with van der Waals surface area (Å²) in [7, 11) is -9.93. The first kappa shape index (κ1) is 107. The van der Waals surface area contributed by atoms with E-state index in [1.165, 1.54) is 315 Å². The van der Waals surface area contributed by atoms with E-state index in [2.05, 4.69) is 34.6 Å². The van der Waals surface area contributed by atoms with E-state index in [0.29, 0.717) is 25.7 Å². The minimum atomic E-state index is -4.97. The molecule has 648 valence electrons. The van der Waals surface area contributed by atoms with Crippen LogP contribution >= 0.6 is 15.6 Å². The highest BCUT2D eigenvalue weighted by Crippen LogP contribution is 2.45. The van der Waals surface area contributed by atoms with Gasteiger partial charge in [0.05, 0.1) is 26.4 Å². The predicted octanol–water partition coefficient (Wildman–Crippen LogP) is 27.9. The van der Waals surface area contributed by atoms with Gasteiger partial charge in [0, 0.05) is 25.7 Å². The Hall–Kier alpha value is -1.94. The van der Waals surface area contributed by atoms with E-state index in [1.54, 1.807) is 0 Å². The highest BCUT2D eigenvalue weighted by atomic mass is 31.2. The number of carbonyl (C=O) groups excluding carboxylic acids is 4. The number of unbranched alkanes of at least 4 members (excludes halogenated alkanes) is 62. The third-order valence-electron chi connectivity index (χ3n) is 21.3. The Labute approximate surface area is 670 Å².